The van der Waals surface area contributed by atoms with Crippen LogP contribution >= 0.6 is 0 Å². The zero-order valence-electron chi connectivity index (χ0n) is 16.2. The topological polar surface area (TPSA) is 60.4 Å². The lowest BCUT2D eigenvalue weighted by Gasteiger charge is -2.19. The standard InChI is InChI=1S/C22H26O4S/c1-5-26-21(23)16-20(15-17-9-7-6-8-10-17)27(24,25)19-13-11-18(12-14-19)22(2,3)4/h6-15H,5,16H2,1-4H3/b20-15+. The van der Waals surface area contributed by atoms with Crippen LogP contribution < -0.4 is 0 Å². The Morgan fingerprint density at radius 2 is 1.59 bits per heavy atom. The van der Waals surface area contributed by atoms with Crippen molar-refractivity contribution >= 4 is 21.9 Å². The fourth-order valence-electron chi connectivity index (χ4n) is 2.60. The number of hydrogen-bond donors (Lipinski definition) is 0. The molecule has 4 nitrogen and oxygen atoms in total. The summed E-state index contributed by atoms with van der Waals surface area (Å²) in [6.45, 7) is 8.10. The van der Waals surface area contributed by atoms with Gasteiger partial charge in [-0.1, -0.05) is 63.2 Å². The third kappa shape index (κ3) is 5.54. The first kappa shape index (κ1) is 20.9. The molecule has 0 saturated carbocycles. The maximum absolute atomic E-state index is 13.2. The number of rotatable bonds is 6. The Morgan fingerprint density at radius 1 is 1.00 bits per heavy atom. The Hall–Kier alpha value is -2.40. The van der Waals surface area contributed by atoms with E-state index in [9.17, 15) is 13.2 Å². The Kier molecular flexibility index (Phi) is 6.60. The average molecular weight is 387 g/mol. The number of sulfone groups is 1. The summed E-state index contributed by atoms with van der Waals surface area (Å²) in [6, 6.07) is 15.9. The highest BCUT2D eigenvalue weighted by atomic mass is 32.2. The molecule has 0 aliphatic rings. The summed E-state index contributed by atoms with van der Waals surface area (Å²) < 4.78 is 31.3. The molecular formula is C22H26O4S. The van der Waals surface area contributed by atoms with E-state index in [1.807, 2.05) is 30.3 Å². The maximum Gasteiger partial charge on any atom is 0.310 e. The van der Waals surface area contributed by atoms with E-state index < -0.39 is 15.8 Å². The molecule has 2 rings (SSSR count). The van der Waals surface area contributed by atoms with Gasteiger partial charge in [-0.25, -0.2) is 8.42 Å². The van der Waals surface area contributed by atoms with Crippen LogP contribution in [0.2, 0.25) is 0 Å². The van der Waals surface area contributed by atoms with Gasteiger partial charge in [-0.3, -0.25) is 4.79 Å². The van der Waals surface area contributed by atoms with Gasteiger partial charge in [-0.15, -0.1) is 0 Å². The second-order valence-corrected chi connectivity index (χ2v) is 9.28. The molecular weight excluding hydrogens is 360 g/mol. The Morgan fingerprint density at radius 3 is 2.11 bits per heavy atom. The van der Waals surface area contributed by atoms with Crippen molar-refractivity contribution in [1.82, 2.24) is 0 Å². The van der Waals surface area contributed by atoms with Crippen LogP contribution in [0.15, 0.2) is 64.4 Å². The van der Waals surface area contributed by atoms with Crippen LogP contribution in [-0.2, 0) is 24.8 Å². The molecule has 0 fully saturated rings. The van der Waals surface area contributed by atoms with E-state index >= 15 is 0 Å². The minimum atomic E-state index is -3.81. The highest BCUT2D eigenvalue weighted by Crippen LogP contribution is 2.28. The predicted molar refractivity (Wildman–Crippen MR) is 108 cm³/mol. The molecule has 0 bridgehead atoms. The molecule has 27 heavy (non-hydrogen) atoms. The molecule has 0 saturated heterocycles. The predicted octanol–water partition coefficient (Wildman–Crippen LogP) is 4.75. The maximum atomic E-state index is 13.2. The SMILES string of the molecule is CCOC(=O)C/C(=C\c1ccccc1)S(=O)(=O)c1ccc(C(C)(C)C)cc1. The fraction of sp³-hybridized carbons (Fsp3) is 0.318. The number of hydrogen-bond acceptors (Lipinski definition) is 4. The molecule has 0 heterocycles. The smallest absolute Gasteiger partial charge is 0.310 e. The molecule has 0 aliphatic carbocycles. The number of carbonyl (C=O) groups is 1. The minimum absolute atomic E-state index is 0.0238. The van der Waals surface area contributed by atoms with Crippen molar-refractivity contribution in [2.45, 2.75) is 44.4 Å². The van der Waals surface area contributed by atoms with Gasteiger partial charge >= 0.3 is 5.97 Å². The summed E-state index contributed by atoms with van der Waals surface area (Å²) in [5.41, 5.74) is 1.68. The molecule has 0 N–H and O–H groups in total. The zero-order chi connectivity index (χ0) is 20.1. The van der Waals surface area contributed by atoms with Gasteiger partial charge in [-0.2, -0.15) is 0 Å². The quantitative estimate of drug-likeness (QED) is 0.672. The van der Waals surface area contributed by atoms with Crippen LogP contribution in [0, 0.1) is 0 Å². The van der Waals surface area contributed by atoms with E-state index in [0.29, 0.717) is 5.56 Å². The Labute approximate surface area is 161 Å². The first-order valence-electron chi connectivity index (χ1n) is 8.91. The van der Waals surface area contributed by atoms with Gasteiger partial charge in [0, 0.05) is 0 Å². The van der Waals surface area contributed by atoms with Gasteiger partial charge in [0.25, 0.3) is 0 Å². The van der Waals surface area contributed by atoms with Gasteiger partial charge in [0.1, 0.15) is 0 Å². The molecule has 0 spiro atoms. The first-order valence-corrected chi connectivity index (χ1v) is 10.4. The van der Waals surface area contributed by atoms with Crippen LogP contribution in [0.25, 0.3) is 6.08 Å². The van der Waals surface area contributed by atoms with Crippen molar-refractivity contribution in [3.63, 3.8) is 0 Å². The van der Waals surface area contributed by atoms with Crippen molar-refractivity contribution in [3.05, 3.63) is 70.6 Å². The monoisotopic (exact) mass is 386 g/mol. The summed E-state index contributed by atoms with van der Waals surface area (Å²) in [6.07, 6.45) is 1.23. The highest BCUT2D eigenvalue weighted by Gasteiger charge is 2.24. The fourth-order valence-corrected chi connectivity index (χ4v) is 3.99. The molecule has 0 aromatic heterocycles. The van der Waals surface area contributed by atoms with E-state index in [4.69, 9.17) is 4.74 Å². The van der Waals surface area contributed by atoms with Gasteiger partial charge in [0.15, 0.2) is 0 Å². The molecule has 5 heteroatoms. The second kappa shape index (κ2) is 8.53. The van der Waals surface area contributed by atoms with Crippen LogP contribution in [0.3, 0.4) is 0 Å². The van der Waals surface area contributed by atoms with Crippen LogP contribution in [-0.4, -0.2) is 21.0 Å². The summed E-state index contributed by atoms with van der Waals surface area (Å²) in [5, 5.41) is 0. The molecule has 0 unspecified atom stereocenters. The lowest BCUT2D eigenvalue weighted by Crippen LogP contribution is -2.14. The van der Waals surface area contributed by atoms with Gasteiger partial charge in [0.05, 0.1) is 22.8 Å². The lowest BCUT2D eigenvalue weighted by molar-refractivity contribution is -0.142. The average Bonchev–Trinajstić information content (AvgIpc) is 2.61. The molecule has 0 radical (unpaired) electrons. The van der Waals surface area contributed by atoms with Crippen molar-refractivity contribution in [1.29, 1.82) is 0 Å². The lowest BCUT2D eigenvalue weighted by atomic mass is 9.87. The van der Waals surface area contributed by atoms with E-state index in [0.717, 1.165) is 5.56 Å². The van der Waals surface area contributed by atoms with Crippen LogP contribution in [0.5, 0.6) is 0 Å². The number of benzene rings is 2. The molecule has 0 aliphatic heterocycles. The second-order valence-electron chi connectivity index (χ2n) is 7.28. The summed E-state index contributed by atoms with van der Waals surface area (Å²) >= 11 is 0. The van der Waals surface area contributed by atoms with Gasteiger partial charge in [-0.05, 0) is 41.7 Å². The van der Waals surface area contributed by atoms with Crippen molar-refractivity contribution in [2.75, 3.05) is 6.61 Å². The third-order valence-electron chi connectivity index (χ3n) is 4.13. The first-order chi connectivity index (χ1) is 12.6. The molecule has 2 aromatic rings. The third-order valence-corrected chi connectivity index (χ3v) is 5.97. The zero-order valence-corrected chi connectivity index (χ0v) is 17.0. The van der Waals surface area contributed by atoms with Gasteiger partial charge in [0.2, 0.25) is 9.84 Å². The molecule has 0 amide bonds. The molecule has 0 atom stereocenters. The van der Waals surface area contributed by atoms with Crippen LogP contribution in [0.1, 0.15) is 45.2 Å². The van der Waals surface area contributed by atoms with E-state index in [1.165, 1.54) is 6.08 Å². The normalized spacial score (nSPS) is 12.7. The molecule has 2 aromatic carbocycles. The Bertz CT molecular complexity index is 903. The Balaban J connectivity index is 2.46. The summed E-state index contributed by atoms with van der Waals surface area (Å²) in [7, 11) is -3.81. The van der Waals surface area contributed by atoms with Crippen molar-refractivity contribution < 1.29 is 17.9 Å². The highest BCUT2D eigenvalue weighted by molar-refractivity contribution is 7.95. The number of esters is 1. The van der Waals surface area contributed by atoms with Crippen LogP contribution in [0.4, 0.5) is 0 Å². The number of ether oxygens (including phenoxy) is 1. The summed E-state index contributed by atoms with van der Waals surface area (Å²) in [5.74, 6) is -0.561. The summed E-state index contributed by atoms with van der Waals surface area (Å²) in [4.78, 5) is 12.2. The van der Waals surface area contributed by atoms with Gasteiger partial charge < -0.3 is 4.74 Å². The largest absolute Gasteiger partial charge is 0.466 e. The van der Waals surface area contributed by atoms with E-state index in [2.05, 4.69) is 20.8 Å². The van der Waals surface area contributed by atoms with Crippen molar-refractivity contribution in [2.24, 2.45) is 0 Å². The van der Waals surface area contributed by atoms with E-state index in [1.54, 1.807) is 31.2 Å². The minimum Gasteiger partial charge on any atom is -0.466 e. The van der Waals surface area contributed by atoms with E-state index in [-0.39, 0.29) is 28.2 Å². The number of carbonyl (C=O) groups excluding carboxylic acids is 1. The molecule has 144 valence electrons. The van der Waals surface area contributed by atoms with Crippen molar-refractivity contribution in [3.8, 4) is 0 Å².